The average molecular weight is 328 g/mol. The Morgan fingerprint density at radius 1 is 1.13 bits per heavy atom. The van der Waals surface area contributed by atoms with Crippen LogP contribution < -0.4 is 0 Å². The molecule has 0 bridgehead atoms. The standard InChI is InChI=1S/C15H17FO7/c1-20-13(17)8-7-12(14(18)21-2)23-15(19)22-9-10-5-3-4-6-11(10)16/h3-6,12H,7-9H2,1-2H3. The number of carbonyl (C=O) groups excluding carboxylic acids is 3. The zero-order valence-electron chi connectivity index (χ0n) is 12.7. The van der Waals surface area contributed by atoms with Crippen molar-refractivity contribution in [3.05, 3.63) is 35.6 Å². The Morgan fingerprint density at radius 2 is 1.83 bits per heavy atom. The zero-order chi connectivity index (χ0) is 17.2. The Bertz CT molecular complexity index is 559. The molecule has 0 aliphatic carbocycles. The molecule has 7 nitrogen and oxygen atoms in total. The van der Waals surface area contributed by atoms with Crippen LogP contribution in [0.25, 0.3) is 0 Å². The smallest absolute Gasteiger partial charge is 0.469 e. The molecule has 126 valence electrons. The summed E-state index contributed by atoms with van der Waals surface area (Å²) in [5, 5.41) is 0. The summed E-state index contributed by atoms with van der Waals surface area (Å²) >= 11 is 0. The Hall–Kier alpha value is -2.64. The molecule has 23 heavy (non-hydrogen) atoms. The van der Waals surface area contributed by atoms with Gasteiger partial charge in [-0.3, -0.25) is 4.79 Å². The van der Waals surface area contributed by atoms with Crippen LogP contribution in [0.5, 0.6) is 0 Å². The third-order valence-electron chi connectivity index (χ3n) is 2.84. The first-order valence-corrected chi connectivity index (χ1v) is 6.69. The second-order valence-corrected chi connectivity index (χ2v) is 4.37. The van der Waals surface area contributed by atoms with Gasteiger partial charge in [-0.2, -0.15) is 0 Å². The molecule has 0 aliphatic heterocycles. The minimum atomic E-state index is -1.31. The van der Waals surface area contributed by atoms with Gasteiger partial charge < -0.3 is 18.9 Å². The van der Waals surface area contributed by atoms with E-state index in [9.17, 15) is 18.8 Å². The van der Waals surface area contributed by atoms with E-state index in [1.807, 2.05) is 0 Å². The maximum Gasteiger partial charge on any atom is 0.509 e. The molecule has 0 amide bonds. The number of ether oxygens (including phenoxy) is 4. The highest BCUT2D eigenvalue weighted by atomic mass is 19.1. The average Bonchev–Trinajstić information content (AvgIpc) is 2.56. The predicted octanol–water partition coefficient (Wildman–Crippen LogP) is 1.97. The number of esters is 2. The molecule has 0 radical (unpaired) electrons. The number of hydrogen-bond donors (Lipinski definition) is 0. The van der Waals surface area contributed by atoms with E-state index in [1.165, 1.54) is 25.3 Å². The van der Waals surface area contributed by atoms with Gasteiger partial charge in [0.1, 0.15) is 12.4 Å². The van der Waals surface area contributed by atoms with Crippen LogP contribution in [-0.4, -0.2) is 38.4 Å². The summed E-state index contributed by atoms with van der Waals surface area (Å²) in [4.78, 5) is 34.2. The molecular formula is C15H17FO7. The molecule has 0 aliphatic rings. The molecule has 8 heteroatoms. The van der Waals surface area contributed by atoms with Crippen LogP contribution in [0.3, 0.4) is 0 Å². The van der Waals surface area contributed by atoms with Gasteiger partial charge in [-0.1, -0.05) is 18.2 Å². The van der Waals surface area contributed by atoms with Gasteiger partial charge in [0.2, 0.25) is 6.10 Å². The van der Waals surface area contributed by atoms with E-state index < -0.39 is 30.0 Å². The lowest BCUT2D eigenvalue weighted by atomic mass is 10.2. The van der Waals surface area contributed by atoms with Crippen molar-refractivity contribution in [1.82, 2.24) is 0 Å². The molecule has 0 saturated carbocycles. The van der Waals surface area contributed by atoms with Gasteiger partial charge >= 0.3 is 18.1 Å². The SMILES string of the molecule is COC(=O)CCC(OC(=O)OCc1ccccc1F)C(=O)OC. The van der Waals surface area contributed by atoms with Gasteiger partial charge in [-0.25, -0.2) is 14.0 Å². The molecule has 0 spiro atoms. The highest BCUT2D eigenvalue weighted by Crippen LogP contribution is 2.11. The van der Waals surface area contributed by atoms with Crippen molar-refractivity contribution in [2.24, 2.45) is 0 Å². The Labute approximate surface area is 132 Å². The third-order valence-corrected chi connectivity index (χ3v) is 2.84. The molecule has 1 aromatic rings. The van der Waals surface area contributed by atoms with E-state index in [1.54, 1.807) is 6.07 Å². The lowest BCUT2D eigenvalue weighted by Gasteiger charge is -2.15. The van der Waals surface area contributed by atoms with Gasteiger partial charge in [-0.15, -0.1) is 0 Å². The zero-order valence-corrected chi connectivity index (χ0v) is 12.7. The van der Waals surface area contributed by atoms with E-state index in [2.05, 4.69) is 9.47 Å². The quantitative estimate of drug-likeness (QED) is 0.558. The Morgan fingerprint density at radius 3 is 2.43 bits per heavy atom. The molecule has 0 aromatic heterocycles. The Balaban J connectivity index is 2.54. The summed E-state index contributed by atoms with van der Waals surface area (Å²) in [5.74, 6) is -1.94. The van der Waals surface area contributed by atoms with Crippen molar-refractivity contribution in [1.29, 1.82) is 0 Å². The topological polar surface area (TPSA) is 88.1 Å². The number of carbonyl (C=O) groups is 3. The molecular weight excluding hydrogens is 311 g/mol. The number of hydrogen-bond acceptors (Lipinski definition) is 7. The molecule has 1 atom stereocenters. The maximum atomic E-state index is 13.4. The molecule has 0 fully saturated rings. The van der Waals surface area contributed by atoms with Gasteiger partial charge in [0.05, 0.1) is 14.2 Å². The van der Waals surface area contributed by atoms with Crippen molar-refractivity contribution >= 4 is 18.1 Å². The van der Waals surface area contributed by atoms with Crippen LogP contribution in [0.1, 0.15) is 18.4 Å². The Kier molecular flexibility index (Phi) is 7.52. The van der Waals surface area contributed by atoms with Crippen LogP contribution in [0, 0.1) is 5.82 Å². The van der Waals surface area contributed by atoms with Crippen LogP contribution in [0.2, 0.25) is 0 Å². The fourth-order valence-corrected chi connectivity index (χ4v) is 1.61. The summed E-state index contributed by atoms with van der Waals surface area (Å²) in [7, 11) is 2.31. The van der Waals surface area contributed by atoms with Crippen molar-refractivity contribution in [3.8, 4) is 0 Å². The molecule has 0 saturated heterocycles. The molecule has 0 heterocycles. The summed E-state index contributed by atoms with van der Waals surface area (Å²) in [5.41, 5.74) is 0.161. The van der Waals surface area contributed by atoms with Gasteiger partial charge in [0.25, 0.3) is 0 Å². The summed E-state index contributed by atoms with van der Waals surface area (Å²) in [6.07, 6.45) is -2.74. The van der Waals surface area contributed by atoms with Crippen LogP contribution in [-0.2, 0) is 35.1 Å². The van der Waals surface area contributed by atoms with Crippen molar-refractivity contribution in [2.75, 3.05) is 14.2 Å². The van der Waals surface area contributed by atoms with Gasteiger partial charge in [0.15, 0.2) is 0 Å². The fourth-order valence-electron chi connectivity index (χ4n) is 1.61. The van der Waals surface area contributed by atoms with E-state index in [-0.39, 0.29) is 25.0 Å². The second-order valence-electron chi connectivity index (χ2n) is 4.37. The van der Waals surface area contributed by atoms with E-state index in [0.29, 0.717) is 0 Å². The monoisotopic (exact) mass is 328 g/mol. The van der Waals surface area contributed by atoms with Crippen molar-refractivity contribution in [3.63, 3.8) is 0 Å². The van der Waals surface area contributed by atoms with E-state index in [4.69, 9.17) is 9.47 Å². The van der Waals surface area contributed by atoms with Crippen molar-refractivity contribution < 1.29 is 37.7 Å². The van der Waals surface area contributed by atoms with Gasteiger partial charge in [0, 0.05) is 18.4 Å². The largest absolute Gasteiger partial charge is 0.509 e. The van der Waals surface area contributed by atoms with E-state index >= 15 is 0 Å². The lowest BCUT2D eigenvalue weighted by molar-refractivity contribution is -0.153. The van der Waals surface area contributed by atoms with Crippen LogP contribution in [0.4, 0.5) is 9.18 Å². The second kappa shape index (κ2) is 9.39. The fraction of sp³-hybridized carbons (Fsp3) is 0.400. The minimum absolute atomic E-state index is 0.117. The number of rotatable bonds is 7. The number of benzene rings is 1. The van der Waals surface area contributed by atoms with Crippen molar-refractivity contribution in [2.45, 2.75) is 25.6 Å². The maximum absolute atomic E-state index is 13.4. The van der Waals surface area contributed by atoms with Crippen LogP contribution in [0.15, 0.2) is 24.3 Å². The first-order chi connectivity index (χ1) is 11.0. The number of methoxy groups -OCH3 is 2. The minimum Gasteiger partial charge on any atom is -0.469 e. The summed E-state index contributed by atoms with van der Waals surface area (Å²) < 4.78 is 31.8. The normalized spacial score (nSPS) is 11.3. The highest BCUT2D eigenvalue weighted by molar-refractivity contribution is 5.78. The summed E-state index contributed by atoms with van der Waals surface area (Å²) in [6, 6.07) is 5.74. The molecule has 1 aromatic carbocycles. The lowest BCUT2D eigenvalue weighted by Crippen LogP contribution is -2.29. The number of halogens is 1. The first-order valence-electron chi connectivity index (χ1n) is 6.69. The first kappa shape index (κ1) is 18.4. The van der Waals surface area contributed by atoms with E-state index in [0.717, 1.165) is 7.11 Å². The van der Waals surface area contributed by atoms with Gasteiger partial charge in [-0.05, 0) is 6.07 Å². The third kappa shape index (κ3) is 6.33. The summed E-state index contributed by atoms with van der Waals surface area (Å²) in [6.45, 7) is -0.351. The van der Waals surface area contributed by atoms with Crippen LogP contribution >= 0.6 is 0 Å². The molecule has 1 rings (SSSR count). The molecule has 0 N–H and O–H groups in total. The highest BCUT2D eigenvalue weighted by Gasteiger charge is 2.25. The molecule has 1 unspecified atom stereocenters. The predicted molar refractivity (Wildman–Crippen MR) is 74.7 cm³/mol.